The van der Waals surface area contributed by atoms with Gasteiger partial charge in [-0.05, 0) is 5.87 Å². The van der Waals surface area contributed by atoms with Gasteiger partial charge in [0, 0.05) is 6.20 Å². The van der Waals surface area contributed by atoms with Crippen LogP contribution < -0.4 is 4.72 Å². The molecule has 0 fully saturated rings. The average molecular weight is 121 g/mol. The normalized spacial score (nSPS) is 17.3. The highest BCUT2D eigenvalue weighted by Gasteiger charge is 1.83. The van der Waals surface area contributed by atoms with Crippen molar-refractivity contribution in [1.82, 2.24) is 4.72 Å². The Hall–Kier alpha value is -0.480. The van der Waals surface area contributed by atoms with Crippen molar-refractivity contribution in [2.24, 2.45) is 0 Å². The standard InChI is InChI=1S/C3H7NO2S/c1-3-4-7(2,5)6/h3H,1-2H2,(H2,4,5,6). The molecule has 4 heteroatoms. The molecule has 42 valence electrons. The highest BCUT2D eigenvalue weighted by atomic mass is 32.2. The van der Waals surface area contributed by atoms with Gasteiger partial charge in [0.1, 0.15) is 0 Å². The Balaban J connectivity index is 3.84. The predicted octanol–water partition coefficient (Wildman–Crippen LogP) is -0.176. The number of nitrogens with one attached hydrogen (secondary N) is 1. The predicted molar refractivity (Wildman–Crippen MR) is 31.2 cm³/mol. The average Bonchev–Trinajstić information content (AvgIpc) is 1.30. The van der Waals surface area contributed by atoms with Gasteiger partial charge in [-0.2, -0.15) is 0 Å². The molecule has 0 aliphatic heterocycles. The minimum Gasteiger partial charge on any atom is -0.300 e. The summed E-state index contributed by atoms with van der Waals surface area (Å²) in [4.78, 5) is 0. The summed E-state index contributed by atoms with van der Waals surface area (Å²) in [6.45, 7) is 3.16. The molecule has 0 rings (SSSR count). The van der Waals surface area contributed by atoms with E-state index in [1.54, 1.807) is 0 Å². The van der Waals surface area contributed by atoms with Crippen LogP contribution in [-0.4, -0.2) is 14.6 Å². The molecule has 0 aliphatic rings. The maximum absolute atomic E-state index is 10.0. The fourth-order valence-corrected chi connectivity index (χ4v) is 0.391. The maximum atomic E-state index is 10.0. The Bertz CT molecular complexity index is 146. The Morgan fingerprint density at radius 3 is 2.29 bits per heavy atom. The first-order chi connectivity index (χ1) is 3.06. The molecule has 0 heterocycles. The van der Waals surface area contributed by atoms with Gasteiger partial charge >= 0.3 is 0 Å². The molecule has 0 saturated carbocycles. The summed E-state index contributed by atoms with van der Waals surface area (Å²) >= 11 is 0. The minimum atomic E-state index is -3.04. The first kappa shape index (κ1) is 6.52. The molecule has 0 saturated heterocycles. The van der Waals surface area contributed by atoms with E-state index in [0.717, 1.165) is 6.20 Å². The molecular weight excluding hydrogens is 114 g/mol. The Kier molecular flexibility index (Phi) is 1.86. The van der Waals surface area contributed by atoms with Crippen molar-refractivity contribution in [2.75, 3.05) is 0 Å². The Labute approximate surface area is 43.0 Å². The van der Waals surface area contributed by atoms with Gasteiger partial charge in [0.05, 0.1) is 0 Å². The smallest absolute Gasteiger partial charge is 0.159 e. The van der Waals surface area contributed by atoms with E-state index in [4.69, 9.17) is 4.55 Å². The van der Waals surface area contributed by atoms with Gasteiger partial charge in [0.2, 0.25) is 0 Å². The Morgan fingerprint density at radius 1 is 1.86 bits per heavy atom. The molecule has 0 spiro atoms. The van der Waals surface area contributed by atoms with Crippen molar-refractivity contribution in [3.8, 4) is 0 Å². The summed E-state index contributed by atoms with van der Waals surface area (Å²) < 4.78 is 20.3. The Morgan fingerprint density at radius 2 is 2.29 bits per heavy atom. The second-order valence-corrected chi connectivity index (χ2v) is 2.48. The molecule has 2 N–H and O–H groups in total. The molecule has 1 unspecified atom stereocenters. The molecule has 1 atom stereocenters. The molecule has 3 nitrogen and oxygen atoms in total. The van der Waals surface area contributed by atoms with Crippen molar-refractivity contribution in [2.45, 2.75) is 0 Å². The van der Waals surface area contributed by atoms with Gasteiger partial charge in [0.15, 0.2) is 9.99 Å². The van der Waals surface area contributed by atoms with Crippen LogP contribution in [0.5, 0.6) is 0 Å². The van der Waals surface area contributed by atoms with Crippen molar-refractivity contribution >= 4 is 15.9 Å². The lowest BCUT2D eigenvalue weighted by molar-refractivity contribution is 0.554. The number of rotatable bonds is 2. The van der Waals surface area contributed by atoms with Crippen LogP contribution in [0.3, 0.4) is 0 Å². The van der Waals surface area contributed by atoms with E-state index in [-0.39, 0.29) is 0 Å². The van der Waals surface area contributed by atoms with Crippen LogP contribution in [0.4, 0.5) is 0 Å². The first-order valence-electron chi connectivity index (χ1n) is 1.54. The summed E-state index contributed by atoms with van der Waals surface area (Å²) in [5, 5.41) is 0. The summed E-state index contributed by atoms with van der Waals surface area (Å²) in [5.74, 6) is 2.86. The van der Waals surface area contributed by atoms with Crippen LogP contribution in [-0.2, 0) is 9.99 Å². The number of hydrogen-bond donors (Lipinski definition) is 2. The van der Waals surface area contributed by atoms with Crippen LogP contribution in [0.1, 0.15) is 0 Å². The van der Waals surface area contributed by atoms with E-state index >= 15 is 0 Å². The molecule has 0 bridgehead atoms. The maximum Gasteiger partial charge on any atom is 0.159 e. The van der Waals surface area contributed by atoms with E-state index in [1.165, 1.54) is 0 Å². The van der Waals surface area contributed by atoms with E-state index < -0.39 is 9.99 Å². The SMILES string of the molecule is C=CNS(=C)(=O)O. The van der Waals surface area contributed by atoms with Crippen molar-refractivity contribution < 1.29 is 8.76 Å². The highest BCUT2D eigenvalue weighted by molar-refractivity contribution is 7.93. The first-order valence-corrected chi connectivity index (χ1v) is 3.22. The molecule has 7 heavy (non-hydrogen) atoms. The van der Waals surface area contributed by atoms with Crippen LogP contribution in [0, 0.1) is 0 Å². The summed E-state index contributed by atoms with van der Waals surface area (Å²) in [5.41, 5.74) is 0. The minimum absolute atomic E-state index is 1.12. The van der Waals surface area contributed by atoms with E-state index in [1.807, 2.05) is 4.72 Å². The van der Waals surface area contributed by atoms with Crippen LogP contribution in [0.2, 0.25) is 0 Å². The van der Waals surface area contributed by atoms with Crippen molar-refractivity contribution in [3.05, 3.63) is 12.8 Å². The van der Waals surface area contributed by atoms with Gasteiger partial charge in [-0.25, -0.2) is 4.21 Å². The quantitative estimate of drug-likeness (QED) is 0.498. The van der Waals surface area contributed by atoms with E-state index in [9.17, 15) is 4.21 Å². The van der Waals surface area contributed by atoms with Gasteiger partial charge in [-0.15, -0.1) is 0 Å². The third-order valence-corrected chi connectivity index (χ3v) is 0.802. The third-order valence-electron chi connectivity index (χ3n) is 0.267. The summed E-state index contributed by atoms with van der Waals surface area (Å²) in [6.07, 6.45) is 1.12. The lowest BCUT2D eigenvalue weighted by Gasteiger charge is -1.94. The molecule has 0 aliphatic carbocycles. The highest BCUT2D eigenvalue weighted by Crippen LogP contribution is 1.67. The molecule has 0 aromatic carbocycles. The van der Waals surface area contributed by atoms with Gasteiger partial charge < -0.3 is 0 Å². The van der Waals surface area contributed by atoms with Crippen LogP contribution in [0.15, 0.2) is 12.8 Å². The van der Waals surface area contributed by atoms with E-state index in [2.05, 4.69) is 12.4 Å². The monoisotopic (exact) mass is 121 g/mol. The van der Waals surface area contributed by atoms with Gasteiger partial charge in [-0.1, -0.05) is 6.58 Å². The van der Waals surface area contributed by atoms with Crippen molar-refractivity contribution in [3.63, 3.8) is 0 Å². The molecule has 0 aromatic rings. The second-order valence-electron chi connectivity index (χ2n) is 0.962. The van der Waals surface area contributed by atoms with Crippen LogP contribution >= 0.6 is 0 Å². The topological polar surface area (TPSA) is 49.3 Å². The lowest BCUT2D eigenvalue weighted by atomic mass is 11.1. The zero-order chi connectivity index (χ0) is 5.91. The fourth-order valence-electron chi connectivity index (χ4n) is 0.130. The third kappa shape index (κ3) is 5.52. The molecule has 0 radical (unpaired) electrons. The zero-order valence-electron chi connectivity index (χ0n) is 3.76. The lowest BCUT2D eigenvalue weighted by Crippen LogP contribution is -2.14. The van der Waals surface area contributed by atoms with Gasteiger partial charge in [-0.3, -0.25) is 9.27 Å². The van der Waals surface area contributed by atoms with E-state index in [0.29, 0.717) is 0 Å². The fraction of sp³-hybridized carbons (Fsp3) is 0. The van der Waals surface area contributed by atoms with Gasteiger partial charge in [0.25, 0.3) is 0 Å². The number of hydrogen-bond acceptors (Lipinski definition) is 1. The van der Waals surface area contributed by atoms with Crippen LogP contribution in [0.25, 0.3) is 0 Å². The summed E-state index contributed by atoms with van der Waals surface area (Å²) in [6, 6.07) is 0. The molecule has 0 aromatic heterocycles. The summed E-state index contributed by atoms with van der Waals surface area (Å²) in [7, 11) is -3.04. The largest absolute Gasteiger partial charge is 0.300 e. The molecular formula is C3H7NO2S. The zero-order valence-corrected chi connectivity index (χ0v) is 4.57. The second kappa shape index (κ2) is 1.99. The molecule has 0 amide bonds. The van der Waals surface area contributed by atoms with Crippen molar-refractivity contribution in [1.29, 1.82) is 0 Å².